The Balaban J connectivity index is 1.88. The molecule has 0 spiro atoms. The van der Waals surface area contributed by atoms with Gasteiger partial charge in [-0.05, 0) is 24.3 Å². The number of rotatable bonds is 3. The molecule has 2 nitrogen and oxygen atoms in total. The zero-order valence-corrected chi connectivity index (χ0v) is 10.2. The molecule has 1 aromatic rings. The van der Waals surface area contributed by atoms with Gasteiger partial charge < -0.3 is 4.74 Å². The Labute approximate surface area is 101 Å². The van der Waals surface area contributed by atoms with E-state index in [4.69, 9.17) is 10.00 Å². The fourth-order valence-electron chi connectivity index (χ4n) is 2.20. The second-order valence-corrected chi connectivity index (χ2v) is 5.33. The molecule has 1 aliphatic rings. The molecule has 2 unspecified atom stereocenters. The largest absolute Gasteiger partial charge is 0.371 e. The second kappa shape index (κ2) is 6.03. The average Bonchev–Trinajstić information content (AvgIpc) is 2.71. The van der Waals surface area contributed by atoms with E-state index >= 15 is 0 Å². The molecule has 0 radical (unpaired) electrons. The van der Waals surface area contributed by atoms with E-state index in [9.17, 15) is 0 Å². The van der Waals surface area contributed by atoms with Crippen LogP contribution < -0.4 is 0 Å². The Morgan fingerprint density at radius 2 is 2.25 bits per heavy atom. The second-order valence-electron chi connectivity index (χ2n) is 4.30. The molecule has 16 heavy (non-hydrogen) atoms. The standard InChI is InChI=1S/C13H17NOS/c14-9-11-5-2-1-3-7-13(11)15-10-12-6-4-8-16-12/h4,6,8,11,13H,1-3,5,7,10H2. The maximum absolute atomic E-state index is 9.12. The number of hydrogen-bond donors (Lipinski definition) is 0. The minimum Gasteiger partial charge on any atom is -0.371 e. The lowest BCUT2D eigenvalue weighted by molar-refractivity contribution is 0.0129. The van der Waals surface area contributed by atoms with Crippen LogP contribution in [0.4, 0.5) is 0 Å². The van der Waals surface area contributed by atoms with Crippen LogP contribution in [0.25, 0.3) is 0 Å². The van der Waals surface area contributed by atoms with Crippen molar-refractivity contribution in [3.63, 3.8) is 0 Å². The minimum absolute atomic E-state index is 0.0995. The van der Waals surface area contributed by atoms with E-state index in [0.29, 0.717) is 6.61 Å². The monoisotopic (exact) mass is 235 g/mol. The van der Waals surface area contributed by atoms with E-state index in [1.54, 1.807) is 11.3 Å². The Bertz CT molecular complexity index is 341. The van der Waals surface area contributed by atoms with Crippen LogP contribution in [-0.2, 0) is 11.3 Å². The Morgan fingerprint density at radius 3 is 3.00 bits per heavy atom. The predicted molar refractivity (Wildman–Crippen MR) is 65.1 cm³/mol. The third kappa shape index (κ3) is 3.07. The third-order valence-corrected chi connectivity index (χ3v) is 3.99. The minimum atomic E-state index is 0.0995. The summed E-state index contributed by atoms with van der Waals surface area (Å²) in [5.41, 5.74) is 0. The molecule has 1 aromatic heterocycles. The smallest absolute Gasteiger partial charge is 0.0813 e. The fourth-order valence-corrected chi connectivity index (χ4v) is 2.83. The summed E-state index contributed by atoms with van der Waals surface area (Å²) in [6, 6.07) is 6.53. The van der Waals surface area contributed by atoms with Crippen molar-refractivity contribution in [3.05, 3.63) is 22.4 Å². The Hall–Kier alpha value is -0.850. The van der Waals surface area contributed by atoms with Crippen molar-refractivity contribution in [1.29, 1.82) is 5.26 Å². The lowest BCUT2D eigenvalue weighted by Crippen LogP contribution is -2.21. The van der Waals surface area contributed by atoms with Crippen LogP contribution in [-0.4, -0.2) is 6.10 Å². The number of hydrogen-bond acceptors (Lipinski definition) is 3. The molecule has 0 aromatic carbocycles. The first kappa shape index (κ1) is 11.6. The van der Waals surface area contributed by atoms with Gasteiger partial charge in [0.15, 0.2) is 0 Å². The number of thiophene rings is 1. The van der Waals surface area contributed by atoms with Crippen molar-refractivity contribution in [3.8, 4) is 6.07 Å². The van der Waals surface area contributed by atoms with Gasteiger partial charge in [0.25, 0.3) is 0 Å². The van der Waals surface area contributed by atoms with Crippen LogP contribution in [0.5, 0.6) is 0 Å². The molecular weight excluding hydrogens is 218 g/mol. The summed E-state index contributed by atoms with van der Waals surface area (Å²) in [5, 5.41) is 11.2. The lowest BCUT2D eigenvalue weighted by Gasteiger charge is -2.19. The fraction of sp³-hybridized carbons (Fsp3) is 0.615. The summed E-state index contributed by atoms with van der Waals surface area (Å²) in [7, 11) is 0. The first-order valence-corrected chi connectivity index (χ1v) is 6.81. The highest BCUT2D eigenvalue weighted by Crippen LogP contribution is 2.26. The molecule has 0 aliphatic heterocycles. The van der Waals surface area contributed by atoms with Crippen molar-refractivity contribution < 1.29 is 4.74 Å². The molecule has 1 saturated carbocycles. The summed E-state index contributed by atoms with van der Waals surface area (Å²) in [4.78, 5) is 1.25. The van der Waals surface area contributed by atoms with Gasteiger partial charge in [0.2, 0.25) is 0 Å². The number of nitriles is 1. The molecule has 1 aliphatic carbocycles. The summed E-state index contributed by atoms with van der Waals surface area (Å²) in [5.74, 6) is 0.0995. The van der Waals surface area contributed by atoms with Crippen molar-refractivity contribution in [2.75, 3.05) is 0 Å². The molecule has 86 valence electrons. The quantitative estimate of drug-likeness (QED) is 0.748. The molecular formula is C13H17NOS. The van der Waals surface area contributed by atoms with E-state index in [1.807, 2.05) is 6.07 Å². The summed E-state index contributed by atoms with van der Waals surface area (Å²) < 4.78 is 5.90. The van der Waals surface area contributed by atoms with Crippen molar-refractivity contribution in [2.24, 2.45) is 5.92 Å². The van der Waals surface area contributed by atoms with E-state index in [-0.39, 0.29) is 12.0 Å². The summed E-state index contributed by atoms with van der Waals surface area (Å²) in [6.45, 7) is 0.667. The van der Waals surface area contributed by atoms with Gasteiger partial charge in [0.1, 0.15) is 0 Å². The zero-order chi connectivity index (χ0) is 11.2. The molecule has 2 rings (SSSR count). The van der Waals surface area contributed by atoms with Gasteiger partial charge in [-0.3, -0.25) is 0 Å². The number of nitrogens with zero attached hydrogens (tertiary/aromatic N) is 1. The van der Waals surface area contributed by atoms with E-state index in [1.165, 1.54) is 24.1 Å². The van der Waals surface area contributed by atoms with Crippen LogP contribution >= 0.6 is 11.3 Å². The molecule has 0 amide bonds. The summed E-state index contributed by atoms with van der Waals surface area (Å²) in [6.07, 6.45) is 5.82. The van der Waals surface area contributed by atoms with Gasteiger partial charge in [0.05, 0.1) is 24.7 Å². The molecule has 0 bridgehead atoms. The van der Waals surface area contributed by atoms with Gasteiger partial charge in [-0.25, -0.2) is 0 Å². The topological polar surface area (TPSA) is 33.0 Å². The predicted octanol–water partition coefficient (Wildman–Crippen LogP) is 3.74. The zero-order valence-electron chi connectivity index (χ0n) is 9.39. The molecule has 0 saturated heterocycles. The van der Waals surface area contributed by atoms with Crippen molar-refractivity contribution >= 4 is 11.3 Å². The Kier molecular flexibility index (Phi) is 4.38. The maximum Gasteiger partial charge on any atom is 0.0813 e. The highest BCUT2D eigenvalue weighted by molar-refractivity contribution is 7.09. The highest BCUT2D eigenvalue weighted by Gasteiger charge is 2.24. The van der Waals surface area contributed by atoms with Crippen LogP contribution in [0.15, 0.2) is 17.5 Å². The van der Waals surface area contributed by atoms with Crippen LogP contribution in [0, 0.1) is 17.2 Å². The molecule has 1 fully saturated rings. The van der Waals surface area contributed by atoms with Gasteiger partial charge in [0, 0.05) is 4.88 Å². The van der Waals surface area contributed by atoms with E-state index < -0.39 is 0 Å². The molecule has 3 heteroatoms. The van der Waals surface area contributed by atoms with Crippen LogP contribution in [0.2, 0.25) is 0 Å². The molecule has 1 heterocycles. The van der Waals surface area contributed by atoms with Gasteiger partial charge in [-0.1, -0.05) is 25.3 Å². The SMILES string of the molecule is N#CC1CCCCCC1OCc1cccs1. The van der Waals surface area contributed by atoms with Gasteiger partial charge >= 0.3 is 0 Å². The van der Waals surface area contributed by atoms with Crippen molar-refractivity contribution in [1.82, 2.24) is 0 Å². The normalized spacial score (nSPS) is 25.9. The van der Waals surface area contributed by atoms with Gasteiger partial charge in [-0.15, -0.1) is 11.3 Å². The number of ether oxygens (including phenoxy) is 1. The lowest BCUT2D eigenvalue weighted by atomic mass is 9.99. The van der Waals surface area contributed by atoms with Crippen LogP contribution in [0.3, 0.4) is 0 Å². The van der Waals surface area contributed by atoms with Crippen molar-refractivity contribution in [2.45, 2.75) is 44.8 Å². The molecule has 0 N–H and O–H groups in total. The highest BCUT2D eigenvalue weighted by atomic mass is 32.1. The average molecular weight is 235 g/mol. The Morgan fingerprint density at radius 1 is 1.38 bits per heavy atom. The van der Waals surface area contributed by atoms with E-state index in [2.05, 4.69) is 17.5 Å². The maximum atomic E-state index is 9.12. The third-order valence-electron chi connectivity index (χ3n) is 3.14. The van der Waals surface area contributed by atoms with Gasteiger partial charge in [-0.2, -0.15) is 5.26 Å². The van der Waals surface area contributed by atoms with Crippen LogP contribution in [0.1, 0.15) is 37.0 Å². The first-order chi connectivity index (χ1) is 7.90. The van der Waals surface area contributed by atoms with E-state index in [0.717, 1.165) is 12.8 Å². The molecule has 2 atom stereocenters. The first-order valence-electron chi connectivity index (χ1n) is 5.94. The summed E-state index contributed by atoms with van der Waals surface area (Å²) >= 11 is 1.72.